The summed E-state index contributed by atoms with van der Waals surface area (Å²) in [5.74, 6) is -0.724. The average Bonchev–Trinajstić information content (AvgIpc) is 2.44. The predicted molar refractivity (Wildman–Crippen MR) is 46.0 cm³/mol. The highest BCUT2D eigenvalue weighted by Gasteiger charge is 2.42. The summed E-state index contributed by atoms with van der Waals surface area (Å²) < 4.78 is 0. The first-order valence-electron chi connectivity index (χ1n) is 3.76. The Morgan fingerprint density at radius 2 is 2.18 bits per heavy atom. The second-order valence-corrected chi connectivity index (χ2v) is 3.23. The van der Waals surface area contributed by atoms with Crippen molar-refractivity contribution in [1.29, 1.82) is 0 Å². The fourth-order valence-corrected chi connectivity index (χ4v) is 2.10. The Balaban J connectivity index is 0.000000605. The molecule has 0 aromatic heterocycles. The number of carboxylic acids is 1. The number of hydrogen-bond donors (Lipinski definition) is 2. The van der Waals surface area contributed by atoms with Gasteiger partial charge in [-0.05, 0) is 19.3 Å². The number of rotatable bonds is 1. The van der Waals surface area contributed by atoms with Crippen LogP contribution in [0.2, 0.25) is 0 Å². The fourth-order valence-electron chi connectivity index (χ4n) is 2.10. The summed E-state index contributed by atoms with van der Waals surface area (Å²) in [7, 11) is 0. The molecule has 0 spiro atoms. The molecule has 11 heavy (non-hydrogen) atoms. The van der Waals surface area contributed by atoms with Crippen LogP contribution in [0.4, 0.5) is 0 Å². The SMILES string of the molecule is Br.O=C(O)C1CC2CCC1N2. The highest BCUT2D eigenvalue weighted by Crippen LogP contribution is 2.32. The highest BCUT2D eigenvalue weighted by atomic mass is 79.9. The number of hydrogen-bond acceptors (Lipinski definition) is 2. The maximum atomic E-state index is 10.6. The van der Waals surface area contributed by atoms with E-state index in [-0.39, 0.29) is 28.9 Å². The minimum absolute atomic E-state index is 0. The van der Waals surface area contributed by atoms with E-state index >= 15 is 0 Å². The maximum absolute atomic E-state index is 10.6. The van der Waals surface area contributed by atoms with E-state index in [1.807, 2.05) is 0 Å². The Kier molecular flexibility index (Phi) is 2.54. The minimum Gasteiger partial charge on any atom is -0.481 e. The van der Waals surface area contributed by atoms with Crippen molar-refractivity contribution in [2.45, 2.75) is 31.3 Å². The summed E-state index contributed by atoms with van der Waals surface area (Å²) in [6.45, 7) is 0. The molecular formula is C7H12BrNO2. The lowest BCUT2D eigenvalue weighted by molar-refractivity contribution is -0.142. The lowest BCUT2D eigenvalue weighted by atomic mass is 9.89. The smallest absolute Gasteiger partial charge is 0.308 e. The van der Waals surface area contributed by atoms with E-state index in [1.165, 1.54) is 6.42 Å². The van der Waals surface area contributed by atoms with Crippen LogP contribution in [-0.2, 0) is 4.79 Å². The van der Waals surface area contributed by atoms with E-state index in [0.717, 1.165) is 12.8 Å². The van der Waals surface area contributed by atoms with E-state index in [1.54, 1.807) is 0 Å². The monoisotopic (exact) mass is 221 g/mol. The molecule has 0 radical (unpaired) electrons. The topological polar surface area (TPSA) is 49.3 Å². The second kappa shape index (κ2) is 3.11. The van der Waals surface area contributed by atoms with Crippen LogP contribution in [-0.4, -0.2) is 23.2 Å². The number of aliphatic carboxylic acids is 1. The van der Waals surface area contributed by atoms with Crippen molar-refractivity contribution in [3.8, 4) is 0 Å². The van der Waals surface area contributed by atoms with Gasteiger partial charge in [0.25, 0.3) is 0 Å². The Hall–Kier alpha value is -0.0900. The summed E-state index contributed by atoms with van der Waals surface area (Å²) in [4.78, 5) is 10.6. The fraction of sp³-hybridized carbons (Fsp3) is 0.857. The largest absolute Gasteiger partial charge is 0.481 e. The van der Waals surface area contributed by atoms with Gasteiger partial charge in [-0.1, -0.05) is 0 Å². The Labute approximate surface area is 75.9 Å². The molecule has 3 unspecified atom stereocenters. The van der Waals surface area contributed by atoms with Crippen LogP contribution in [0.3, 0.4) is 0 Å². The van der Waals surface area contributed by atoms with Crippen molar-refractivity contribution in [3.05, 3.63) is 0 Å². The van der Waals surface area contributed by atoms with E-state index < -0.39 is 5.97 Å². The van der Waals surface area contributed by atoms with Crippen molar-refractivity contribution in [1.82, 2.24) is 5.32 Å². The Bertz CT molecular complexity index is 174. The molecule has 2 rings (SSSR count). The summed E-state index contributed by atoms with van der Waals surface area (Å²) in [5, 5.41) is 12.0. The van der Waals surface area contributed by atoms with Crippen LogP contribution in [0.5, 0.6) is 0 Å². The first kappa shape index (κ1) is 9.00. The summed E-state index contributed by atoms with van der Waals surface area (Å²) >= 11 is 0. The molecule has 0 aromatic rings. The van der Waals surface area contributed by atoms with Crippen LogP contribution in [0, 0.1) is 5.92 Å². The third-order valence-corrected chi connectivity index (χ3v) is 2.62. The zero-order chi connectivity index (χ0) is 7.14. The van der Waals surface area contributed by atoms with Crippen molar-refractivity contribution < 1.29 is 9.90 Å². The molecule has 3 nitrogen and oxygen atoms in total. The van der Waals surface area contributed by atoms with E-state index in [0.29, 0.717) is 6.04 Å². The molecule has 2 aliphatic heterocycles. The molecule has 0 saturated carbocycles. The van der Waals surface area contributed by atoms with E-state index in [4.69, 9.17) is 5.11 Å². The molecule has 2 bridgehead atoms. The third-order valence-electron chi connectivity index (χ3n) is 2.62. The highest BCUT2D eigenvalue weighted by molar-refractivity contribution is 8.93. The lowest BCUT2D eigenvalue weighted by Crippen LogP contribution is -2.28. The van der Waals surface area contributed by atoms with Crippen molar-refractivity contribution >= 4 is 23.0 Å². The van der Waals surface area contributed by atoms with Gasteiger partial charge in [-0.15, -0.1) is 17.0 Å². The molecule has 0 amide bonds. The molecule has 0 aromatic carbocycles. The van der Waals surface area contributed by atoms with Gasteiger partial charge in [0.15, 0.2) is 0 Å². The number of halogens is 1. The average molecular weight is 222 g/mol. The molecular weight excluding hydrogens is 210 g/mol. The first-order chi connectivity index (χ1) is 4.77. The van der Waals surface area contributed by atoms with Crippen molar-refractivity contribution in [3.63, 3.8) is 0 Å². The normalized spacial score (nSPS) is 40.2. The van der Waals surface area contributed by atoms with Gasteiger partial charge in [0.1, 0.15) is 0 Å². The molecule has 2 aliphatic rings. The van der Waals surface area contributed by atoms with Gasteiger partial charge in [0, 0.05) is 12.1 Å². The molecule has 2 heterocycles. The number of carboxylic acid groups (broad SMARTS) is 1. The third kappa shape index (κ3) is 1.42. The maximum Gasteiger partial charge on any atom is 0.308 e. The molecule has 64 valence electrons. The molecule has 0 aliphatic carbocycles. The number of nitrogens with one attached hydrogen (secondary N) is 1. The van der Waals surface area contributed by atoms with Crippen LogP contribution < -0.4 is 5.32 Å². The number of carbonyl (C=O) groups is 1. The van der Waals surface area contributed by atoms with Crippen LogP contribution in [0.25, 0.3) is 0 Å². The van der Waals surface area contributed by atoms with Crippen LogP contribution in [0.15, 0.2) is 0 Å². The summed E-state index contributed by atoms with van der Waals surface area (Å²) in [5.41, 5.74) is 0. The second-order valence-electron chi connectivity index (χ2n) is 3.23. The van der Waals surface area contributed by atoms with Gasteiger partial charge < -0.3 is 10.4 Å². The molecule has 4 heteroatoms. The minimum atomic E-state index is -0.625. The van der Waals surface area contributed by atoms with Crippen LogP contribution in [0.1, 0.15) is 19.3 Å². The lowest BCUT2D eigenvalue weighted by Gasteiger charge is -2.14. The zero-order valence-electron chi connectivity index (χ0n) is 6.12. The van der Waals surface area contributed by atoms with Gasteiger partial charge >= 0.3 is 5.97 Å². The van der Waals surface area contributed by atoms with E-state index in [9.17, 15) is 4.79 Å². The van der Waals surface area contributed by atoms with Gasteiger partial charge in [-0.3, -0.25) is 4.79 Å². The molecule has 2 saturated heterocycles. The molecule has 2 N–H and O–H groups in total. The summed E-state index contributed by atoms with van der Waals surface area (Å²) in [6.07, 6.45) is 3.08. The first-order valence-corrected chi connectivity index (χ1v) is 3.76. The zero-order valence-corrected chi connectivity index (χ0v) is 7.83. The van der Waals surface area contributed by atoms with Crippen molar-refractivity contribution in [2.75, 3.05) is 0 Å². The van der Waals surface area contributed by atoms with Gasteiger partial charge in [-0.25, -0.2) is 0 Å². The van der Waals surface area contributed by atoms with Crippen LogP contribution >= 0.6 is 17.0 Å². The Morgan fingerprint density at radius 1 is 1.45 bits per heavy atom. The van der Waals surface area contributed by atoms with Gasteiger partial charge in [0.2, 0.25) is 0 Å². The number of fused-ring (bicyclic) bond motifs is 2. The standard InChI is InChI=1S/C7H11NO2.BrH/c9-7(10)5-3-4-1-2-6(5)8-4;/h4-6,8H,1-3H2,(H,9,10);1H. The summed E-state index contributed by atoms with van der Waals surface area (Å²) in [6, 6.07) is 0.786. The molecule has 3 atom stereocenters. The van der Waals surface area contributed by atoms with Gasteiger partial charge in [0.05, 0.1) is 5.92 Å². The van der Waals surface area contributed by atoms with Crippen molar-refractivity contribution in [2.24, 2.45) is 5.92 Å². The van der Waals surface area contributed by atoms with E-state index in [2.05, 4.69) is 5.32 Å². The van der Waals surface area contributed by atoms with Gasteiger partial charge in [-0.2, -0.15) is 0 Å². The predicted octanol–water partition coefficient (Wildman–Crippen LogP) is 0.789. The quantitative estimate of drug-likeness (QED) is 0.689. The Morgan fingerprint density at radius 3 is 2.45 bits per heavy atom. The molecule has 2 fully saturated rings.